The summed E-state index contributed by atoms with van der Waals surface area (Å²) in [4.78, 5) is 32.2. The van der Waals surface area contributed by atoms with Crippen molar-refractivity contribution in [1.82, 2.24) is 9.97 Å². The summed E-state index contributed by atoms with van der Waals surface area (Å²) in [5.74, 6) is -3.55. The number of halogens is 3. The standard InChI is InChI=1S/C15H8BrF2N3O3/c1-24-15-8(17)2-6(3-9(15)18)21-12-10(16)14(23)11-7(13(12)22)4-19-5-20-11/h2-5,21H,1H3. The normalized spacial score (nSPS) is 13.8. The molecule has 0 aliphatic heterocycles. The van der Waals surface area contributed by atoms with E-state index in [1.165, 1.54) is 6.20 Å². The molecule has 24 heavy (non-hydrogen) atoms. The predicted molar refractivity (Wildman–Crippen MR) is 83.2 cm³/mol. The Hall–Kier alpha value is -2.68. The zero-order valence-corrected chi connectivity index (χ0v) is 13.6. The molecule has 0 saturated heterocycles. The van der Waals surface area contributed by atoms with Crippen molar-refractivity contribution in [2.45, 2.75) is 0 Å². The van der Waals surface area contributed by atoms with Gasteiger partial charge in [-0.2, -0.15) is 0 Å². The van der Waals surface area contributed by atoms with Crippen LogP contribution in [-0.2, 0) is 0 Å². The Labute approximate surface area is 142 Å². The zero-order chi connectivity index (χ0) is 17.4. The Morgan fingerprint density at radius 3 is 2.46 bits per heavy atom. The number of rotatable bonds is 3. The highest BCUT2D eigenvalue weighted by atomic mass is 79.9. The van der Waals surface area contributed by atoms with Gasteiger partial charge in [0.05, 0.1) is 17.2 Å². The van der Waals surface area contributed by atoms with E-state index in [9.17, 15) is 18.4 Å². The summed E-state index contributed by atoms with van der Waals surface area (Å²) in [6, 6.07) is 1.90. The number of hydrogen-bond acceptors (Lipinski definition) is 6. The van der Waals surface area contributed by atoms with Crippen LogP contribution < -0.4 is 10.1 Å². The summed E-state index contributed by atoms with van der Waals surface area (Å²) in [5.41, 5.74) is -0.257. The van der Waals surface area contributed by atoms with Crippen LogP contribution >= 0.6 is 15.9 Å². The summed E-state index contributed by atoms with van der Waals surface area (Å²) in [5, 5.41) is 2.56. The molecule has 1 heterocycles. The van der Waals surface area contributed by atoms with Crippen LogP contribution in [0.3, 0.4) is 0 Å². The number of ketones is 2. The Morgan fingerprint density at radius 2 is 1.83 bits per heavy atom. The predicted octanol–water partition coefficient (Wildman–Crippen LogP) is 2.86. The number of carbonyl (C=O) groups excluding carboxylic acids is 2. The smallest absolute Gasteiger partial charge is 0.221 e. The number of ether oxygens (including phenoxy) is 1. The lowest BCUT2D eigenvalue weighted by atomic mass is 9.98. The highest BCUT2D eigenvalue weighted by molar-refractivity contribution is 9.12. The molecular formula is C15H8BrF2N3O3. The van der Waals surface area contributed by atoms with Crippen LogP contribution in [0.2, 0.25) is 0 Å². The van der Waals surface area contributed by atoms with Gasteiger partial charge in [0.15, 0.2) is 17.4 Å². The van der Waals surface area contributed by atoms with Crippen LogP contribution in [0.4, 0.5) is 14.5 Å². The monoisotopic (exact) mass is 395 g/mol. The summed E-state index contributed by atoms with van der Waals surface area (Å²) >= 11 is 3.03. The Kier molecular flexibility index (Phi) is 4.10. The zero-order valence-electron chi connectivity index (χ0n) is 12.1. The number of nitrogens with one attached hydrogen (secondary N) is 1. The minimum absolute atomic E-state index is 0.00246. The number of Topliss-reactive ketones (excluding diaryl/α,β-unsaturated/α-hetero) is 2. The first-order valence-corrected chi connectivity index (χ1v) is 7.32. The maximum Gasteiger partial charge on any atom is 0.221 e. The number of methoxy groups -OCH3 is 1. The average molecular weight is 396 g/mol. The van der Waals surface area contributed by atoms with Gasteiger partial charge in [0, 0.05) is 24.0 Å². The number of aromatic nitrogens is 2. The molecule has 0 atom stereocenters. The molecule has 0 spiro atoms. The van der Waals surface area contributed by atoms with Crippen molar-refractivity contribution >= 4 is 33.2 Å². The first-order chi connectivity index (χ1) is 11.4. The van der Waals surface area contributed by atoms with Crippen LogP contribution in [0.1, 0.15) is 20.8 Å². The molecule has 0 amide bonds. The van der Waals surface area contributed by atoms with Gasteiger partial charge >= 0.3 is 0 Å². The molecule has 1 aliphatic rings. The van der Waals surface area contributed by atoms with E-state index in [-0.39, 0.29) is 27.1 Å². The van der Waals surface area contributed by atoms with Crippen LogP contribution in [0.25, 0.3) is 0 Å². The minimum Gasteiger partial charge on any atom is -0.491 e. The number of hydrogen-bond donors (Lipinski definition) is 1. The maximum absolute atomic E-state index is 13.8. The topological polar surface area (TPSA) is 81.2 Å². The summed E-state index contributed by atoms with van der Waals surface area (Å²) in [6.45, 7) is 0. The molecule has 6 nitrogen and oxygen atoms in total. The second kappa shape index (κ2) is 6.08. The molecule has 0 saturated carbocycles. The van der Waals surface area contributed by atoms with Crippen molar-refractivity contribution in [3.8, 4) is 5.75 Å². The molecule has 0 radical (unpaired) electrons. The largest absolute Gasteiger partial charge is 0.491 e. The molecule has 1 aliphatic carbocycles. The van der Waals surface area contributed by atoms with Gasteiger partial charge in [0.2, 0.25) is 11.6 Å². The first kappa shape index (κ1) is 16.2. The van der Waals surface area contributed by atoms with E-state index in [1.54, 1.807) is 0 Å². The lowest BCUT2D eigenvalue weighted by molar-refractivity contribution is 0.0979. The van der Waals surface area contributed by atoms with Gasteiger partial charge in [-0.05, 0) is 15.9 Å². The average Bonchev–Trinajstić information content (AvgIpc) is 2.56. The molecule has 2 aromatic rings. The molecule has 1 aromatic carbocycles. The molecule has 3 rings (SSSR count). The fourth-order valence-corrected chi connectivity index (χ4v) is 2.68. The van der Waals surface area contributed by atoms with Gasteiger partial charge in [0.25, 0.3) is 0 Å². The van der Waals surface area contributed by atoms with Crippen LogP contribution in [0.15, 0.2) is 34.8 Å². The van der Waals surface area contributed by atoms with Gasteiger partial charge < -0.3 is 10.1 Å². The second-order valence-corrected chi connectivity index (χ2v) is 5.52. The van der Waals surface area contributed by atoms with Crippen molar-refractivity contribution in [3.05, 3.63) is 57.7 Å². The van der Waals surface area contributed by atoms with Gasteiger partial charge in [-0.1, -0.05) is 0 Å². The third-order valence-electron chi connectivity index (χ3n) is 3.29. The number of fused-ring (bicyclic) bond motifs is 1. The van der Waals surface area contributed by atoms with Gasteiger partial charge in [-0.15, -0.1) is 0 Å². The third kappa shape index (κ3) is 2.56. The van der Waals surface area contributed by atoms with Gasteiger partial charge in [-0.25, -0.2) is 18.7 Å². The number of nitrogens with zero attached hydrogens (tertiary/aromatic N) is 2. The van der Waals surface area contributed by atoms with Crippen molar-refractivity contribution in [2.24, 2.45) is 0 Å². The highest BCUT2D eigenvalue weighted by Gasteiger charge is 2.32. The summed E-state index contributed by atoms with van der Waals surface area (Å²) < 4.78 is 32.0. The number of carbonyl (C=O) groups is 2. The molecule has 1 N–H and O–H groups in total. The second-order valence-electron chi connectivity index (χ2n) is 4.73. The van der Waals surface area contributed by atoms with E-state index in [0.717, 1.165) is 25.6 Å². The minimum atomic E-state index is -0.949. The number of anilines is 1. The molecule has 1 aromatic heterocycles. The van der Waals surface area contributed by atoms with Crippen molar-refractivity contribution in [2.75, 3.05) is 12.4 Å². The molecule has 0 unspecified atom stereocenters. The molecular weight excluding hydrogens is 388 g/mol. The van der Waals surface area contributed by atoms with Crippen LogP contribution in [-0.4, -0.2) is 28.6 Å². The maximum atomic E-state index is 13.8. The molecule has 122 valence electrons. The Balaban J connectivity index is 2.03. The van der Waals surface area contributed by atoms with Gasteiger partial charge in [0.1, 0.15) is 17.7 Å². The van der Waals surface area contributed by atoms with Crippen molar-refractivity contribution < 1.29 is 23.1 Å². The SMILES string of the molecule is COc1c(F)cc(NC2=C(Br)C(=O)c3ncncc3C2=O)cc1F. The summed E-state index contributed by atoms with van der Waals surface area (Å²) in [6.07, 6.45) is 2.36. The quantitative estimate of drug-likeness (QED) is 0.860. The van der Waals surface area contributed by atoms with E-state index in [2.05, 4.69) is 36.0 Å². The van der Waals surface area contributed by atoms with Crippen LogP contribution in [0, 0.1) is 11.6 Å². The third-order valence-corrected chi connectivity index (χ3v) is 4.05. The van der Waals surface area contributed by atoms with E-state index >= 15 is 0 Å². The highest BCUT2D eigenvalue weighted by Crippen LogP contribution is 2.31. The van der Waals surface area contributed by atoms with Crippen molar-refractivity contribution in [3.63, 3.8) is 0 Å². The van der Waals surface area contributed by atoms with Crippen molar-refractivity contribution in [1.29, 1.82) is 0 Å². The molecule has 9 heteroatoms. The summed E-state index contributed by atoms with van der Waals surface area (Å²) in [7, 11) is 1.13. The van der Waals surface area contributed by atoms with E-state index in [1.807, 2.05) is 0 Å². The molecule has 0 bridgehead atoms. The van der Waals surface area contributed by atoms with Crippen LogP contribution in [0.5, 0.6) is 5.75 Å². The number of benzene rings is 1. The Bertz CT molecular complexity index is 892. The first-order valence-electron chi connectivity index (χ1n) is 6.53. The van der Waals surface area contributed by atoms with Gasteiger partial charge in [-0.3, -0.25) is 9.59 Å². The number of allylic oxidation sites excluding steroid dienone is 2. The van der Waals surface area contributed by atoms with E-state index < -0.39 is 29.0 Å². The van der Waals surface area contributed by atoms with E-state index in [0.29, 0.717) is 0 Å². The lowest BCUT2D eigenvalue weighted by Crippen LogP contribution is -2.25. The fourth-order valence-electron chi connectivity index (χ4n) is 2.21. The fraction of sp³-hybridized carbons (Fsp3) is 0.0667. The Morgan fingerprint density at radius 1 is 1.17 bits per heavy atom. The lowest BCUT2D eigenvalue weighted by Gasteiger charge is -2.18. The van der Waals surface area contributed by atoms with E-state index in [4.69, 9.17) is 0 Å². The molecule has 0 fully saturated rings.